The van der Waals surface area contributed by atoms with E-state index in [1.165, 1.54) is 11.8 Å². The van der Waals surface area contributed by atoms with E-state index in [0.29, 0.717) is 39.7 Å². The Kier molecular flexibility index (Phi) is 12.5. The van der Waals surface area contributed by atoms with Gasteiger partial charge in [0, 0.05) is 38.2 Å². The summed E-state index contributed by atoms with van der Waals surface area (Å²) in [5.74, 6) is 0.892. The number of thiocarbonyl (C=S) groups is 1. The third-order valence-electron chi connectivity index (χ3n) is 8.00. The molecule has 2 fully saturated rings. The zero-order valence-electron chi connectivity index (χ0n) is 24.9. The number of carboxylic acids is 1. The molecule has 2 aliphatic rings. The molecule has 41 heavy (non-hydrogen) atoms. The molecule has 0 aliphatic carbocycles. The molecule has 224 valence electrons. The minimum Gasteiger partial charge on any atom is -0.481 e. The fourth-order valence-corrected chi connectivity index (χ4v) is 7.34. The highest BCUT2D eigenvalue weighted by atomic mass is 32.2. The van der Waals surface area contributed by atoms with Crippen molar-refractivity contribution in [2.45, 2.75) is 98.4 Å². The lowest BCUT2D eigenvalue weighted by Gasteiger charge is -2.38. The number of aromatic nitrogens is 1. The van der Waals surface area contributed by atoms with Gasteiger partial charge in [-0.2, -0.15) is 5.26 Å². The van der Waals surface area contributed by atoms with Gasteiger partial charge in [-0.3, -0.25) is 23.9 Å². The molecule has 0 saturated carbocycles. The molecule has 1 aromatic heterocycles. The number of thioether (sulfide) groups is 1. The van der Waals surface area contributed by atoms with Gasteiger partial charge in [0.05, 0.1) is 4.91 Å². The maximum atomic E-state index is 13.5. The third kappa shape index (κ3) is 8.45. The first-order chi connectivity index (χ1) is 19.6. The fraction of sp³-hybridized carbons (Fsp3) is 0.645. The smallest absolute Gasteiger partial charge is 0.303 e. The van der Waals surface area contributed by atoms with Crippen LogP contribution in [0.2, 0.25) is 0 Å². The number of aliphatic carboxylic acids is 1. The Morgan fingerprint density at radius 2 is 1.66 bits per heavy atom. The van der Waals surface area contributed by atoms with Gasteiger partial charge in [-0.25, -0.2) is 0 Å². The van der Waals surface area contributed by atoms with Crippen molar-refractivity contribution < 1.29 is 14.7 Å². The van der Waals surface area contributed by atoms with Crippen LogP contribution < -0.4 is 10.5 Å². The number of carbonyl (C=O) groups excluding carboxylic acids is 1. The summed E-state index contributed by atoms with van der Waals surface area (Å²) in [5, 5.41) is 18.5. The molecule has 8 nitrogen and oxygen atoms in total. The van der Waals surface area contributed by atoms with Crippen LogP contribution in [0.15, 0.2) is 9.70 Å². The lowest BCUT2D eigenvalue weighted by atomic mass is 9.91. The van der Waals surface area contributed by atoms with E-state index in [9.17, 15) is 19.6 Å². The zero-order chi connectivity index (χ0) is 30.1. The summed E-state index contributed by atoms with van der Waals surface area (Å²) < 4.78 is 2.23. The van der Waals surface area contributed by atoms with Crippen LogP contribution in [-0.4, -0.2) is 50.4 Å². The van der Waals surface area contributed by atoms with E-state index in [2.05, 4.69) is 24.8 Å². The number of hydrogen-bond donors (Lipinski definition) is 1. The molecule has 1 amide bonds. The maximum Gasteiger partial charge on any atom is 0.303 e. The van der Waals surface area contributed by atoms with Crippen LogP contribution in [0.4, 0.5) is 5.82 Å². The summed E-state index contributed by atoms with van der Waals surface area (Å²) >= 11 is 6.89. The SMILES string of the molecule is CCn1c(N2CC(C)CC(C)C2)c(/C=C2\SC(=S)N(CCCCCCCCCCC(=O)O)C2=O)c(C)c(C#N)c1=O. The summed E-state index contributed by atoms with van der Waals surface area (Å²) in [5.41, 5.74) is 1.21. The second-order valence-electron chi connectivity index (χ2n) is 11.6. The molecule has 2 aliphatic heterocycles. The average molecular weight is 601 g/mol. The summed E-state index contributed by atoms with van der Waals surface area (Å²) in [7, 11) is 0. The summed E-state index contributed by atoms with van der Waals surface area (Å²) in [6.45, 7) is 10.8. The number of anilines is 1. The van der Waals surface area contributed by atoms with Gasteiger partial charge < -0.3 is 10.0 Å². The molecular weight excluding hydrogens is 556 g/mol. The molecule has 3 heterocycles. The van der Waals surface area contributed by atoms with Gasteiger partial charge in [-0.1, -0.05) is 76.4 Å². The largest absolute Gasteiger partial charge is 0.481 e. The monoisotopic (exact) mass is 600 g/mol. The third-order valence-corrected chi connectivity index (χ3v) is 9.38. The standard InChI is InChI=1S/C31H44N4O4S2/c1-5-34-28(33-19-21(2)16-22(3)20-33)24(23(4)25(18-32)29(34)38)17-26-30(39)35(31(40)41-26)15-13-11-9-7-6-8-10-12-14-27(36)37/h17,21-22H,5-16,19-20H2,1-4H3,(H,36,37)/b26-17-. The molecular formula is C31H44N4O4S2. The van der Waals surface area contributed by atoms with Gasteiger partial charge in [0.15, 0.2) is 0 Å². The van der Waals surface area contributed by atoms with Gasteiger partial charge in [0.2, 0.25) is 0 Å². The van der Waals surface area contributed by atoms with E-state index in [4.69, 9.17) is 17.3 Å². The first-order valence-electron chi connectivity index (χ1n) is 15.0. The van der Waals surface area contributed by atoms with Crippen molar-refractivity contribution in [3.8, 4) is 6.07 Å². The van der Waals surface area contributed by atoms with Crippen molar-refractivity contribution in [2.75, 3.05) is 24.5 Å². The average Bonchev–Trinajstić information content (AvgIpc) is 3.17. The Labute approximate surface area is 253 Å². The van der Waals surface area contributed by atoms with Gasteiger partial charge in [-0.05, 0) is 56.6 Å². The van der Waals surface area contributed by atoms with Crippen molar-refractivity contribution >= 4 is 52.1 Å². The van der Waals surface area contributed by atoms with Crippen molar-refractivity contribution in [3.05, 3.63) is 31.9 Å². The number of amides is 1. The second kappa shape index (κ2) is 15.5. The number of nitrogens with zero attached hydrogens (tertiary/aromatic N) is 4. The lowest BCUT2D eigenvalue weighted by Crippen LogP contribution is -2.42. The zero-order valence-corrected chi connectivity index (χ0v) is 26.5. The number of nitriles is 1. The van der Waals surface area contributed by atoms with Crippen molar-refractivity contribution in [2.24, 2.45) is 11.8 Å². The number of piperidine rings is 1. The Morgan fingerprint density at radius 3 is 2.22 bits per heavy atom. The van der Waals surface area contributed by atoms with E-state index in [1.807, 2.05) is 13.0 Å². The van der Waals surface area contributed by atoms with E-state index in [0.717, 1.165) is 82.3 Å². The summed E-state index contributed by atoms with van der Waals surface area (Å²) in [6, 6.07) is 2.11. The van der Waals surface area contributed by atoms with Gasteiger partial charge in [-0.15, -0.1) is 0 Å². The van der Waals surface area contributed by atoms with E-state index in [1.54, 1.807) is 16.4 Å². The predicted molar refractivity (Wildman–Crippen MR) is 170 cm³/mol. The van der Waals surface area contributed by atoms with Gasteiger partial charge in [0.25, 0.3) is 11.5 Å². The molecule has 1 N–H and O–H groups in total. The van der Waals surface area contributed by atoms with E-state index in [-0.39, 0.29) is 23.5 Å². The second-order valence-corrected chi connectivity index (χ2v) is 13.2. The van der Waals surface area contributed by atoms with Crippen LogP contribution in [0.5, 0.6) is 0 Å². The van der Waals surface area contributed by atoms with E-state index >= 15 is 0 Å². The topological polar surface area (TPSA) is 107 Å². The highest BCUT2D eigenvalue weighted by Crippen LogP contribution is 2.37. The minimum absolute atomic E-state index is 0.114. The lowest BCUT2D eigenvalue weighted by molar-refractivity contribution is -0.137. The van der Waals surface area contributed by atoms with Gasteiger partial charge in [0.1, 0.15) is 21.8 Å². The number of hydrogen-bond acceptors (Lipinski definition) is 7. The number of rotatable bonds is 14. The molecule has 0 spiro atoms. The normalized spacial score (nSPS) is 20.2. The van der Waals surface area contributed by atoms with E-state index < -0.39 is 5.97 Å². The molecule has 0 radical (unpaired) electrons. The van der Waals surface area contributed by atoms with Crippen LogP contribution in [0.25, 0.3) is 6.08 Å². The van der Waals surface area contributed by atoms with Crippen molar-refractivity contribution in [3.63, 3.8) is 0 Å². The molecule has 10 heteroatoms. The highest BCUT2D eigenvalue weighted by molar-refractivity contribution is 8.26. The van der Waals surface area contributed by atoms with Crippen LogP contribution >= 0.6 is 24.0 Å². The molecule has 2 saturated heterocycles. The van der Waals surface area contributed by atoms with Gasteiger partial charge >= 0.3 is 5.97 Å². The molecule has 2 atom stereocenters. The number of pyridine rings is 1. The number of unbranched alkanes of at least 4 members (excludes halogenated alkanes) is 7. The first kappa shape index (κ1) is 32.9. The minimum atomic E-state index is -0.728. The Balaban J connectivity index is 1.73. The molecule has 3 rings (SSSR count). The Morgan fingerprint density at radius 1 is 1.07 bits per heavy atom. The molecule has 0 aromatic carbocycles. The van der Waals surface area contributed by atoms with Crippen LogP contribution in [0.3, 0.4) is 0 Å². The highest BCUT2D eigenvalue weighted by Gasteiger charge is 2.33. The summed E-state index contributed by atoms with van der Waals surface area (Å²) in [6.07, 6.45) is 11.1. The van der Waals surface area contributed by atoms with Crippen LogP contribution in [0.1, 0.15) is 102 Å². The van der Waals surface area contributed by atoms with Crippen LogP contribution in [0, 0.1) is 30.1 Å². The maximum absolute atomic E-state index is 13.5. The molecule has 1 aromatic rings. The first-order valence-corrected chi connectivity index (χ1v) is 16.2. The number of carboxylic acid groups (broad SMARTS) is 1. The van der Waals surface area contributed by atoms with Crippen molar-refractivity contribution in [1.29, 1.82) is 5.26 Å². The molecule has 0 bridgehead atoms. The summed E-state index contributed by atoms with van der Waals surface area (Å²) in [4.78, 5) is 41.8. The van der Waals surface area contributed by atoms with Crippen LogP contribution in [-0.2, 0) is 16.1 Å². The Hall–Kier alpha value is -2.64. The number of carbonyl (C=O) groups is 2. The fourth-order valence-electron chi connectivity index (χ4n) is 6.04. The predicted octanol–water partition coefficient (Wildman–Crippen LogP) is 6.33. The quantitative estimate of drug-likeness (QED) is 0.150. The molecule has 2 unspecified atom stereocenters. The Bertz CT molecular complexity index is 1260. The van der Waals surface area contributed by atoms with Crippen molar-refractivity contribution in [1.82, 2.24) is 9.47 Å².